The first-order valence-corrected chi connectivity index (χ1v) is 3.98. The largest absolute Gasteiger partial charge is 0.477 e. The minimum absolute atomic E-state index is 0.315. The summed E-state index contributed by atoms with van der Waals surface area (Å²) >= 11 is 0. The number of carboxylic acids is 1. The van der Waals surface area contributed by atoms with E-state index in [-0.39, 0.29) is 0 Å². The smallest absolute Gasteiger partial charge is 0.354 e. The molecule has 1 aromatic heterocycles. The Morgan fingerprint density at radius 3 is 2.92 bits per heavy atom. The molecule has 4 heteroatoms. The lowest BCUT2D eigenvalue weighted by molar-refractivity contribution is 0.0683. The van der Waals surface area contributed by atoms with Crippen LogP contribution in [0.5, 0.6) is 0 Å². The molecule has 1 aromatic rings. The Morgan fingerprint density at radius 2 is 2.42 bits per heavy atom. The molecular weight excluding hydrogens is 156 g/mol. The molecule has 1 aliphatic carbocycles. The summed E-state index contributed by atoms with van der Waals surface area (Å²) in [7, 11) is 0. The zero-order chi connectivity index (χ0) is 8.72. The van der Waals surface area contributed by atoms with Gasteiger partial charge in [0.1, 0.15) is 5.69 Å². The van der Waals surface area contributed by atoms with Crippen molar-refractivity contribution in [3.05, 3.63) is 17.5 Å². The summed E-state index contributed by atoms with van der Waals surface area (Å²) in [6, 6.07) is 1.95. The number of carbonyl (C=O) groups is 1. The molecule has 1 fully saturated rings. The topological polar surface area (TPSA) is 55.1 Å². The van der Waals surface area contributed by atoms with Crippen molar-refractivity contribution in [1.82, 2.24) is 9.78 Å². The molecule has 0 aromatic carbocycles. The Hall–Kier alpha value is -1.32. The zero-order valence-corrected chi connectivity index (χ0v) is 6.82. The van der Waals surface area contributed by atoms with E-state index in [9.17, 15) is 4.79 Å². The molecule has 0 unspecified atom stereocenters. The standard InChI is InChI=1S/C8H10N2O2/c1-5-4-7(8(11)12)10(9-5)6-2-3-6/h4,6H,2-3H2,1H3,(H,11,12). The van der Waals surface area contributed by atoms with Gasteiger partial charge >= 0.3 is 5.97 Å². The number of aromatic carboxylic acids is 1. The van der Waals surface area contributed by atoms with E-state index in [1.165, 1.54) is 0 Å². The van der Waals surface area contributed by atoms with Gasteiger partial charge in [-0.15, -0.1) is 0 Å². The predicted molar refractivity (Wildman–Crippen MR) is 42.2 cm³/mol. The number of aryl methyl sites for hydroxylation is 1. The van der Waals surface area contributed by atoms with Gasteiger partial charge < -0.3 is 5.11 Å². The Morgan fingerprint density at radius 1 is 1.75 bits per heavy atom. The van der Waals surface area contributed by atoms with Crippen LogP contribution in [0.3, 0.4) is 0 Å². The first-order chi connectivity index (χ1) is 5.68. The maximum absolute atomic E-state index is 10.7. The number of hydrogen-bond acceptors (Lipinski definition) is 2. The maximum atomic E-state index is 10.7. The second-order valence-electron chi connectivity index (χ2n) is 3.15. The van der Waals surface area contributed by atoms with Crippen molar-refractivity contribution >= 4 is 5.97 Å². The molecule has 0 radical (unpaired) electrons. The zero-order valence-electron chi connectivity index (χ0n) is 6.82. The number of nitrogens with zero attached hydrogens (tertiary/aromatic N) is 2. The van der Waals surface area contributed by atoms with Crippen LogP contribution in [0.4, 0.5) is 0 Å². The van der Waals surface area contributed by atoms with Gasteiger partial charge in [-0.25, -0.2) is 4.79 Å². The van der Waals surface area contributed by atoms with Crippen molar-refractivity contribution < 1.29 is 9.90 Å². The molecule has 0 saturated heterocycles. The third-order valence-electron chi connectivity index (χ3n) is 1.97. The van der Waals surface area contributed by atoms with Gasteiger partial charge in [0.15, 0.2) is 0 Å². The molecule has 0 aliphatic heterocycles. The fourth-order valence-electron chi connectivity index (χ4n) is 1.27. The first kappa shape index (κ1) is 7.34. The van der Waals surface area contributed by atoms with Crippen LogP contribution in [-0.2, 0) is 0 Å². The van der Waals surface area contributed by atoms with E-state index in [0.717, 1.165) is 18.5 Å². The Kier molecular flexibility index (Phi) is 1.43. The Bertz CT molecular complexity index is 326. The molecule has 64 valence electrons. The molecule has 0 bridgehead atoms. The van der Waals surface area contributed by atoms with Crippen molar-refractivity contribution in [2.24, 2.45) is 0 Å². The molecule has 12 heavy (non-hydrogen) atoms. The van der Waals surface area contributed by atoms with Gasteiger partial charge in [-0.2, -0.15) is 5.10 Å². The van der Waals surface area contributed by atoms with Gasteiger partial charge in [-0.3, -0.25) is 4.68 Å². The number of hydrogen-bond donors (Lipinski definition) is 1. The maximum Gasteiger partial charge on any atom is 0.354 e. The molecule has 4 nitrogen and oxygen atoms in total. The second kappa shape index (κ2) is 2.33. The van der Waals surface area contributed by atoms with E-state index in [1.807, 2.05) is 6.92 Å². The molecule has 1 saturated carbocycles. The van der Waals surface area contributed by atoms with Gasteiger partial charge in [0.25, 0.3) is 0 Å². The molecule has 0 spiro atoms. The molecule has 1 aliphatic rings. The fraction of sp³-hybridized carbons (Fsp3) is 0.500. The van der Waals surface area contributed by atoms with Crippen LogP contribution < -0.4 is 0 Å². The molecule has 0 atom stereocenters. The van der Waals surface area contributed by atoms with Crippen molar-refractivity contribution in [1.29, 1.82) is 0 Å². The summed E-state index contributed by atoms with van der Waals surface area (Å²) in [5.41, 5.74) is 1.09. The van der Waals surface area contributed by atoms with Crippen molar-refractivity contribution in [3.8, 4) is 0 Å². The Labute approximate surface area is 69.8 Å². The highest BCUT2D eigenvalue weighted by Crippen LogP contribution is 2.35. The second-order valence-corrected chi connectivity index (χ2v) is 3.15. The van der Waals surface area contributed by atoms with E-state index in [0.29, 0.717) is 11.7 Å². The quantitative estimate of drug-likeness (QED) is 0.718. The minimum Gasteiger partial charge on any atom is -0.477 e. The lowest BCUT2D eigenvalue weighted by atomic mass is 10.4. The molecule has 0 amide bonds. The van der Waals surface area contributed by atoms with Crippen LogP contribution in [0.25, 0.3) is 0 Å². The highest BCUT2D eigenvalue weighted by Gasteiger charge is 2.28. The van der Waals surface area contributed by atoms with Crippen LogP contribution in [0.1, 0.15) is 35.1 Å². The molecule has 1 heterocycles. The van der Waals surface area contributed by atoms with E-state index < -0.39 is 5.97 Å². The highest BCUT2D eigenvalue weighted by molar-refractivity contribution is 5.85. The Balaban J connectivity index is 2.43. The third-order valence-corrected chi connectivity index (χ3v) is 1.97. The minimum atomic E-state index is -0.887. The summed E-state index contributed by atoms with van der Waals surface area (Å²) in [6.45, 7) is 1.81. The van der Waals surface area contributed by atoms with E-state index in [4.69, 9.17) is 5.11 Å². The van der Waals surface area contributed by atoms with E-state index >= 15 is 0 Å². The number of aromatic nitrogens is 2. The first-order valence-electron chi connectivity index (χ1n) is 3.98. The van der Waals surface area contributed by atoms with Crippen molar-refractivity contribution in [3.63, 3.8) is 0 Å². The van der Waals surface area contributed by atoms with Crippen LogP contribution in [0.15, 0.2) is 6.07 Å². The van der Waals surface area contributed by atoms with Gasteiger partial charge in [0, 0.05) is 0 Å². The fourth-order valence-corrected chi connectivity index (χ4v) is 1.27. The van der Waals surface area contributed by atoms with Crippen LogP contribution in [-0.4, -0.2) is 20.9 Å². The number of carboxylic acid groups (broad SMARTS) is 1. The summed E-state index contributed by atoms with van der Waals surface area (Å²) in [5, 5.41) is 12.9. The molecule has 2 rings (SSSR count). The monoisotopic (exact) mass is 166 g/mol. The summed E-state index contributed by atoms with van der Waals surface area (Å²) in [5.74, 6) is -0.887. The number of rotatable bonds is 2. The van der Waals surface area contributed by atoms with E-state index in [2.05, 4.69) is 5.10 Å². The molecular formula is C8H10N2O2. The van der Waals surface area contributed by atoms with Crippen LogP contribution >= 0.6 is 0 Å². The lowest BCUT2D eigenvalue weighted by Crippen LogP contribution is -2.07. The highest BCUT2D eigenvalue weighted by atomic mass is 16.4. The van der Waals surface area contributed by atoms with Crippen molar-refractivity contribution in [2.45, 2.75) is 25.8 Å². The van der Waals surface area contributed by atoms with Gasteiger partial charge in [0.2, 0.25) is 0 Å². The van der Waals surface area contributed by atoms with E-state index in [1.54, 1.807) is 10.7 Å². The third kappa shape index (κ3) is 1.09. The lowest BCUT2D eigenvalue weighted by Gasteiger charge is -1.99. The van der Waals surface area contributed by atoms with Gasteiger partial charge in [-0.05, 0) is 25.8 Å². The van der Waals surface area contributed by atoms with Gasteiger partial charge in [-0.1, -0.05) is 0 Å². The van der Waals surface area contributed by atoms with Crippen LogP contribution in [0, 0.1) is 6.92 Å². The summed E-state index contributed by atoms with van der Waals surface area (Å²) in [6.07, 6.45) is 2.11. The van der Waals surface area contributed by atoms with Crippen molar-refractivity contribution in [2.75, 3.05) is 0 Å². The van der Waals surface area contributed by atoms with Gasteiger partial charge in [0.05, 0.1) is 11.7 Å². The van der Waals surface area contributed by atoms with Crippen LogP contribution in [0.2, 0.25) is 0 Å². The SMILES string of the molecule is Cc1cc(C(=O)O)n(C2CC2)n1. The normalized spacial score (nSPS) is 16.4. The summed E-state index contributed by atoms with van der Waals surface area (Å²) < 4.78 is 1.62. The molecule has 1 N–H and O–H groups in total. The summed E-state index contributed by atoms with van der Waals surface area (Å²) in [4.78, 5) is 10.7. The average Bonchev–Trinajstić information content (AvgIpc) is 2.75. The predicted octanol–water partition coefficient (Wildman–Crippen LogP) is 1.22. The average molecular weight is 166 g/mol.